The number of benzene rings is 2. The molecule has 0 aliphatic heterocycles. The topological polar surface area (TPSA) is 71.8 Å². The molecule has 0 aliphatic carbocycles. The number of imidazole rings is 1. The van der Waals surface area contributed by atoms with Crippen molar-refractivity contribution < 1.29 is 4.92 Å². The molecule has 3 aromatic rings. The molecular formula is C15H11N3O2. The molecule has 5 nitrogen and oxygen atoms in total. The highest BCUT2D eigenvalue weighted by atomic mass is 16.6. The van der Waals surface area contributed by atoms with Crippen LogP contribution in [-0.2, 0) is 0 Å². The van der Waals surface area contributed by atoms with Gasteiger partial charge in [0.1, 0.15) is 6.20 Å². The van der Waals surface area contributed by atoms with Gasteiger partial charge in [0.05, 0.1) is 0 Å². The first-order valence-corrected chi connectivity index (χ1v) is 6.09. The van der Waals surface area contributed by atoms with Crippen molar-refractivity contribution in [3.8, 4) is 22.5 Å². The summed E-state index contributed by atoms with van der Waals surface area (Å²) in [4.78, 5) is 16.8. The van der Waals surface area contributed by atoms with Crippen molar-refractivity contribution in [2.75, 3.05) is 0 Å². The molecule has 98 valence electrons. The summed E-state index contributed by atoms with van der Waals surface area (Å²) in [5, 5.41) is 10.6. The average Bonchev–Trinajstić information content (AvgIpc) is 2.98. The molecule has 20 heavy (non-hydrogen) atoms. The van der Waals surface area contributed by atoms with Crippen molar-refractivity contribution in [1.82, 2.24) is 9.97 Å². The van der Waals surface area contributed by atoms with Crippen LogP contribution in [0.25, 0.3) is 22.5 Å². The van der Waals surface area contributed by atoms with Crippen LogP contribution in [0.4, 0.5) is 5.82 Å². The van der Waals surface area contributed by atoms with Crippen molar-refractivity contribution in [2.24, 2.45) is 0 Å². The van der Waals surface area contributed by atoms with E-state index < -0.39 is 4.92 Å². The molecule has 5 heteroatoms. The largest absolute Gasteiger partial charge is 0.358 e. The van der Waals surface area contributed by atoms with Crippen LogP contribution in [0.5, 0.6) is 0 Å². The molecule has 0 radical (unpaired) electrons. The van der Waals surface area contributed by atoms with Crippen molar-refractivity contribution in [3.63, 3.8) is 0 Å². The maximum atomic E-state index is 10.6. The van der Waals surface area contributed by atoms with Crippen molar-refractivity contribution >= 4 is 5.82 Å². The van der Waals surface area contributed by atoms with Crippen LogP contribution in [0, 0.1) is 10.1 Å². The first kappa shape index (κ1) is 12.1. The molecule has 2 aromatic carbocycles. The number of nitro groups is 1. The fraction of sp³-hybridized carbons (Fsp3) is 0. The van der Waals surface area contributed by atoms with Crippen LogP contribution < -0.4 is 0 Å². The molecule has 0 saturated carbocycles. The lowest BCUT2D eigenvalue weighted by Gasteiger charge is -2.01. The van der Waals surface area contributed by atoms with E-state index in [0.717, 1.165) is 16.7 Å². The average molecular weight is 265 g/mol. The Morgan fingerprint density at radius 1 is 0.900 bits per heavy atom. The molecule has 0 bridgehead atoms. The quantitative estimate of drug-likeness (QED) is 0.580. The normalized spacial score (nSPS) is 10.4. The molecule has 1 heterocycles. The van der Waals surface area contributed by atoms with Gasteiger partial charge in [0.15, 0.2) is 0 Å². The standard InChI is InChI=1S/C15H11N3O2/c19-18(20)14-10-16-15(17-14)13-8-6-12(7-9-13)11-4-2-1-3-5-11/h1-10H,(H,16,17). The van der Waals surface area contributed by atoms with Crippen molar-refractivity contribution in [2.45, 2.75) is 0 Å². The molecule has 0 fully saturated rings. The summed E-state index contributed by atoms with van der Waals surface area (Å²) in [5.41, 5.74) is 3.04. The molecule has 0 saturated heterocycles. The number of nitrogens with one attached hydrogen (secondary N) is 1. The summed E-state index contributed by atoms with van der Waals surface area (Å²) in [5.74, 6) is 0.392. The number of rotatable bonds is 3. The van der Waals surface area contributed by atoms with Gasteiger partial charge in [-0.2, -0.15) is 0 Å². The Hall–Kier alpha value is -2.95. The van der Waals surface area contributed by atoms with Crippen LogP contribution in [0.2, 0.25) is 0 Å². The molecule has 1 N–H and O–H groups in total. The van der Waals surface area contributed by atoms with E-state index in [9.17, 15) is 10.1 Å². The second-order valence-electron chi connectivity index (χ2n) is 4.32. The van der Waals surface area contributed by atoms with Crippen molar-refractivity contribution in [3.05, 3.63) is 70.9 Å². The lowest BCUT2D eigenvalue weighted by atomic mass is 10.0. The Kier molecular flexibility index (Phi) is 3.01. The lowest BCUT2D eigenvalue weighted by molar-refractivity contribution is -0.389. The van der Waals surface area contributed by atoms with Gasteiger partial charge in [-0.25, -0.2) is 9.97 Å². The maximum Gasteiger partial charge on any atom is 0.340 e. The molecular weight excluding hydrogens is 254 g/mol. The molecule has 0 aliphatic rings. The zero-order valence-electron chi connectivity index (χ0n) is 10.5. The van der Waals surface area contributed by atoms with E-state index in [1.54, 1.807) is 0 Å². The monoisotopic (exact) mass is 265 g/mol. The van der Waals surface area contributed by atoms with Gasteiger partial charge < -0.3 is 10.1 Å². The van der Waals surface area contributed by atoms with Gasteiger partial charge in [-0.1, -0.05) is 42.5 Å². The van der Waals surface area contributed by atoms with Gasteiger partial charge in [0.2, 0.25) is 5.82 Å². The van der Waals surface area contributed by atoms with Crippen LogP contribution in [-0.4, -0.2) is 14.9 Å². The molecule has 0 amide bonds. The summed E-state index contributed by atoms with van der Waals surface area (Å²) in [6.45, 7) is 0. The number of hydrogen-bond acceptors (Lipinski definition) is 3. The summed E-state index contributed by atoms with van der Waals surface area (Å²) < 4.78 is 0. The number of H-pyrrole nitrogens is 1. The first-order chi connectivity index (χ1) is 9.74. The Morgan fingerprint density at radius 3 is 2.10 bits per heavy atom. The fourth-order valence-corrected chi connectivity index (χ4v) is 2.00. The van der Waals surface area contributed by atoms with Crippen LogP contribution in [0.1, 0.15) is 0 Å². The Bertz CT molecular complexity index is 733. The first-order valence-electron chi connectivity index (χ1n) is 6.09. The SMILES string of the molecule is O=[N+]([O-])c1cnc(-c2ccc(-c3ccccc3)cc2)[nH]1. The molecule has 3 rings (SSSR count). The Balaban J connectivity index is 1.91. The minimum absolute atomic E-state index is 0.105. The third kappa shape index (κ3) is 2.29. The zero-order valence-corrected chi connectivity index (χ0v) is 10.5. The smallest absolute Gasteiger partial charge is 0.340 e. The van der Waals surface area contributed by atoms with Crippen LogP contribution in [0.3, 0.4) is 0 Å². The van der Waals surface area contributed by atoms with E-state index in [4.69, 9.17) is 0 Å². The summed E-state index contributed by atoms with van der Waals surface area (Å²) in [7, 11) is 0. The highest BCUT2D eigenvalue weighted by Crippen LogP contribution is 2.24. The van der Waals surface area contributed by atoms with E-state index in [1.807, 2.05) is 54.6 Å². The summed E-state index contributed by atoms with van der Waals surface area (Å²) in [6, 6.07) is 17.7. The van der Waals surface area contributed by atoms with E-state index in [-0.39, 0.29) is 5.82 Å². The minimum Gasteiger partial charge on any atom is -0.358 e. The van der Waals surface area contributed by atoms with E-state index in [2.05, 4.69) is 9.97 Å². The number of hydrogen-bond donors (Lipinski definition) is 1. The van der Waals surface area contributed by atoms with Gasteiger partial charge in [-0.15, -0.1) is 0 Å². The molecule has 1 aromatic heterocycles. The highest BCUT2D eigenvalue weighted by Gasteiger charge is 2.11. The van der Waals surface area contributed by atoms with E-state index >= 15 is 0 Å². The van der Waals surface area contributed by atoms with Crippen LogP contribution >= 0.6 is 0 Å². The summed E-state index contributed by atoms with van der Waals surface area (Å²) >= 11 is 0. The predicted molar refractivity (Wildman–Crippen MR) is 76.1 cm³/mol. The van der Waals surface area contributed by atoms with Gasteiger partial charge in [-0.05, 0) is 28.2 Å². The number of aromatic amines is 1. The van der Waals surface area contributed by atoms with E-state index in [0.29, 0.717) is 5.82 Å². The molecule has 0 unspecified atom stereocenters. The number of nitrogens with zero attached hydrogens (tertiary/aromatic N) is 2. The molecule has 0 spiro atoms. The van der Waals surface area contributed by atoms with E-state index in [1.165, 1.54) is 6.20 Å². The van der Waals surface area contributed by atoms with Gasteiger partial charge in [0, 0.05) is 5.56 Å². The predicted octanol–water partition coefficient (Wildman–Crippen LogP) is 3.65. The number of aromatic nitrogens is 2. The summed E-state index contributed by atoms with van der Waals surface area (Å²) in [6.07, 6.45) is 1.22. The molecule has 0 atom stereocenters. The fourth-order valence-electron chi connectivity index (χ4n) is 2.00. The van der Waals surface area contributed by atoms with Gasteiger partial charge >= 0.3 is 5.82 Å². The maximum absolute atomic E-state index is 10.6. The highest BCUT2D eigenvalue weighted by molar-refractivity contribution is 5.67. The van der Waals surface area contributed by atoms with Crippen LogP contribution in [0.15, 0.2) is 60.8 Å². The Labute approximate surface area is 115 Å². The lowest BCUT2D eigenvalue weighted by Crippen LogP contribution is -1.87. The Morgan fingerprint density at radius 2 is 1.50 bits per heavy atom. The minimum atomic E-state index is -0.491. The second-order valence-corrected chi connectivity index (χ2v) is 4.32. The third-order valence-corrected chi connectivity index (χ3v) is 3.02. The van der Waals surface area contributed by atoms with Gasteiger partial charge in [-0.3, -0.25) is 0 Å². The second kappa shape index (κ2) is 4.97. The van der Waals surface area contributed by atoms with Gasteiger partial charge in [0.25, 0.3) is 0 Å². The van der Waals surface area contributed by atoms with Crippen molar-refractivity contribution in [1.29, 1.82) is 0 Å². The third-order valence-electron chi connectivity index (χ3n) is 3.02. The zero-order chi connectivity index (χ0) is 13.9.